The molecule has 0 unspecified atom stereocenters. The maximum Gasteiger partial charge on any atom is 0.255 e. The number of pyridine rings is 2. The van der Waals surface area contributed by atoms with Crippen molar-refractivity contribution in [3.05, 3.63) is 54.1 Å². The van der Waals surface area contributed by atoms with Gasteiger partial charge in [-0.15, -0.1) is 0 Å². The van der Waals surface area contributed by atoms with Gasteiger partial charge in [-0.05, 0) is 25.1 Å². The number of hydrogen-bond donors (Lipinski definition) is 2. The molecule has 0 aromatic carbocycles. The molecule has 0 bridgehead atoms. The predicted molar refractivity (Wildman–Crippen MR) is 70.8 cm³/mol. The van der Waals surface area contributed by atoms with E-state index in [2.05, 4.69) is 15.3 Å². The summed E-state index contributed by atoms with van der Waals surface area (Å²) in [5, 5.41) is 12.4. The Hall–Kier alpha value is -2.43. The lowest BCUT2D eigenvalue weighted by molar-refractivity contribution is 0.0937. The highest BCUT2D eigenvalue weighted by molar-refractivity contribution is 5.96. The van der Waals surface area contributed by atoms with Crippen molar-refractivity contribution in [2.24, 2.45) is 0 Å². The minimum absolute atomic E-state index is 0.0741. The summed E-state index contributed by atoms with van der Waals surface area (Å²) in [5.74, 6) is -0.437. The zero-order valence-corrected chi connectivity index (χ0v) is 10.6. The Bertz CT molecular complexity index is 558. The molecule has 19 heavy (non-hydrogen) atoms. The highest BCUT2D eigenvalue weighted by atomic mass is 16.3. The van der Waals surface area contributed by atoms with Crippen molar-refractivity contribution in [2.45, 2.75) is 19.4 Å². The van der Waals surface area contributed by atoms with E-state index in [0.717, 1.165) is 5.69 Å². The first kappa shape index (κ1) is 13.0. The summed E-state index contributed by atoms with van der Waals surface area (Å²) in [6.45, 7) is 1.89. The lowest BCUT2D eigenvalue weighted by Crippen LogP contribution is -2.34. The van der Waals surface area contributed by atoms with Crippen molar-refractivity contribution in [1.29, 1.82) is 0 Å². The van der Waals surface area contributed by atoms with Crippen LogP contribution in [0.5, 0.6) is 5.75 Å². The Morgan fingerprint density at radius 2 is 2.21 bits per heavy atom. The second-order valence-corrected chi connectivity index (χ2v) is 4.29. The molecule has 0 aliphatic heterocycles. The van der Waals surface area contributed by atoms with E-state index in [1.807, 2.05) is 25.1 Å². The van der Waals surface area contributed by atoms with Gasteiger partial charge in [0.2, 0.25) is 0 Å². The summed E-state index contributed by atoms with van der Waals surface area (Å²) in [5.41, 5.74) is 1.14. The Balaban J connectivity index is 1.98. The minimum Gasteiger partial charge on any atom is -0.505 e. The van der Waals surface area contributed by atoms with Crippen LogP contribution in [0.3, 0.4) is 0 Å². The number of carbonyl (C=O) groups excluding carboxylic acids is 1. The van der Waals surface area contributed by atoms with Crippen molar-refractivity contribution >= 4 is 5.91 Å². The van der Waals surface area contributed by atoms with Gasteiger partial charge in [0.15, 0.2) is 0 Å². The zero-order valence-electron chi connectivity index (χ0n) is 10.6. The summed E-state index contributed by atoms with van der Waals surface area (Å²) >= 11 is 0. The van der Waals surface area contributed by atoms with Gasteiger partial charge in [-0.25, -0.2) is 0 Å². The number of carbonyl (C=O) groups is 1. The molecule has 0 fully saturated rings. The molecule has 2 rings (SSSR count). The van der Waals surface area contributed by atoms with Crippen molar-refractivity contribution in [3.8, 4) is 5.75 Å². The quantitative estimate of drug-likeness (QED) is 0.871. The van der Waals surface area contributed by atoms with Crippen molar-refractivity contribution in [2.75, 3.05) is 0 Å². The Labute approximate surface area is 111 Å². The highest BCUT2D eigenvalue weighted by Crippen LogP contribution is 2.13. The van der Waals surface area contributed by atoms with Gasteiger partial charge in [-0.2, -0.15) is 0 Å². The number of nitrogens with zero attached hydrogens (tertiary/aromatic N) is 2. The Morgan fingerprint density at radius 1 is 1.37 bits per heavy atom. The van der Waals surface area contributed by atoms with Crippen LogP contribution in [0, 0.1) is 0 Å². The smallest absolute Gasteiger partial charge is 0.255 e. The van der Waals surface area contributed by atoms with Crippen LogP contribution in [-0.2, 0) is 6.42 Å². The van der Waals surface area contributed by atoms with Crippen LogP contribution >= 0.6 is 0 Å². The van der Waals surface area contributed by atoms with Crippen molar-refractivity contribution in [1.82, 2.24) is 15.3 Å². The molecule has 0 spiro atoms. The largest absolute Gasteiger partial charge is 0.505 e. The SMILES string of the molecule is C[C@@H](Cc1ccccn1)NC(=O)c1ccncc1O. The standard InChI is InChI=1S/C14H15N3O2/c1-10(8-11-4-2-3-6-16-11)17-14(19)12-5-7-15-9-13(12)18/h2-7,9-10,18H,8H2,1H3,(H,17,19)/t10-/m0/s1. The minimum atomic E-state index is -0.316. The van der Waals surface area contributed by atoms with E-state index in [1.165, 1.54) is 18.5 Å². The third-order valence-corrected chi connectivity index (χ3v) is 2.66. The second kappa shape index (κ2) is 5.95. The highest BCUT2D eigenvalue weighted by Gasteiger charge is 2.13. The normalized spacial score (nSPS) is 11.8. The zero-order chi connectivity index (χ0) is 13.7. The van der Waals surface area contributed by atoms with Gasteiger partial charge in [-0.3, -0.25) is 14.8 Å². The molecule has 0 radical (unpaired) electrons. The first-order chi connectivity index (χ1) is 9.16. The van der Waals surface area contributed by atoms with E-state index in [1.54, 1.807) is 6.20 Å². The van der Waals surface area contributed by atoms with Crippen LogP contribution in [0.2, 0.25) is 0 Å². The lowest BCUT2D eigenvalue weighted by atomic mass is 10.1. The van der Waals surface area contributed by atoms with Crippen molar-refractivity contribution < 1.29 is 9.90 Å². The van der Waals surface area contributed by atoms with Crippen LogP contribution in [0.1, 0.15) is 23.0 Å². The molecule has 0 aliphatic carbocycles. The number of aromatic nitrogens is 2. The molecule has 5 heteroatoms. The molecule has 2 aromatic rings. The maximum absolute atomic E-state index is 11.9. The van der Waals surface area contributed by atoms with Gasteiger partial charge in [0.1, 0.15) is 5.75 Å². The topological polar surface area (TPSA) is 75.1 Å². The second-order valence-electron chi connectivity index (χ2n) is 4.29. The first-order valence-electron chi connectivity index (χ1n) is 6.00. The van der Waals surface area contributed by atoms with Crippen LogP contribution < -0.4 is 5.32 Å². The maximum atomic E-state index is 11.9. The van der Waals surface area contributed by atoms with Gasteiger partial charge in [0.05, 0.1) is 11.8 Å². The summed E-state index contributed by atoms with van der Waals surface area (Å²) < 4.78 is 0. The summed E-state index contributed by atoms with van der Waals surface area (Å²) in [6.07, 6.45) is 5.08. The number of hydrogen-bond acceptors (Lipinski definition) is 4. The van der Waals surface area contributed by atoms with Crippen molar-refractivity contribution in [3.63, 3.8) is 0 Å². The van der Waals surface area contributed by atoms with E-state index in [-0.39, 0.29) is 23.3 Å². The molecule has 1 atom stereocenters. The molecule has 98 valence electrons. The molecular formula is C14H15N3O2. The molecule has 1 amide bonds. The number of aromatic hydroxyl groups is 1. The van der Waals surface area contributed by atoms with E-state index < -0.39 is 0 Å². The Kier molecular flexibility index (Phi) is 4.07. The number of amides is 1. The summed E-state index contributed by atoms with van der Waals surface area (Å²) in [6, 6.07) is 7.08. The third kappa shape index (κ3) is 3.51. The van der Waals surface area contributed by atoms with E-state index in [9.17, 15) is 9.90 Å². The van der Waals surface area contributed by atoms with Crippen LogP contribution in [0.4, 0.5) is 0 Å². The van der Waals surface area contributed by atoms with Gasteiger partial charge >= 0.3 is 0 Å². The predicted octanol–water partition coefficient (Wildman–Crippen LogP) is 1.54. The molecule has 5 nitrogen and oxygen atoms in total. The molecule has 0 aliphatic rings. The van der Waals surface area contributed by atoms with E-state index in [0.29, 0.717) is 6.42 Å². The summed E-state index contributed by atoms with van der Waals surface area (Å²) in [4.78, 5) is 19.9. The fraction of sp³-hybridized carbons (Fsp3) is 0.214. The average molecular weight is 257 g/mol. The van der Waals surface area contributed by atoms with Crippen LogP contribution in [-0.4, -0.2) is 27.0 Å². The third-order valence-electron chi connectivity index (χ3n) is 2.66. The first-order valence-corrected chi connectivity index (χ1v) is 6.00. The molecular weight excluding hydrogens is 242 g/mol. The van der Waals surface area contributed by atoms with E-state index in [4.69, 9.17) is 0 Å². The molecule has 2 heterocycles. The molecule has 0 saturated heterocycles. The number of nitrogens with one attached hydrogen (secondary N) is 1. The average Bonchev–Trinajstić information content (AvgIpc) is 2.40. The van der Waals surface area contributed by atoms with Gasteiger partial charge in [0.25, 0.3) is 5.91 Å². The number of rotatable bonds is 4. The molecule has 2 N–H and O–H groups in total. The van der Waals surface area contributed by atoms with Gasteiger partial charge in [-0.1, -0.05) is 6.07 Å². The van der Waals surface area contributed by atoms with E-state index >= 15 is 0 Å². The summed E-state index contributed by atoms with van der Waals surface area (Å²) in [7, 11) is 0. The molecule has 2 aromatic heterocycles. The Morgan fingerprint density at radius 3 is 2.89 bits per heavy atom. The van der Waals surface area contributed by atoms with Gasteiger partial charge in [0, 0.05) is 30.6 Å². The lowest BCUT2D eigenvalue weighted by Gasteiger charge is -2.13. The molecule has 0 saturated carbocycles. The van der Waals surface area contributed by atoms with Crippen LogP contribution in [0.25, 0.3) is 0 Å². The fourth-order valence-electron chi connectivity index (χ4n) is 1.76. The van der Waals surface area contributed by atoms with Gasteiger partial charge < -0.3 is 10.4 Å². The monoisotopic (exact) mass is 257 g/mol. The van der Waals surface area contributed by atoms with Crippen LogP contribution in [0.15, 0.2) is 42.9 Å². The fourth-order valence-corrected chi connectivity index (χ4v) is 1.76.